The summed E-state index contributed by atoms with van der Waals surface area (Å²) in [6, 6.07) is 1.99. The van der Waals surface area contributed by atoms with Gasteiger partial charge < -0.3 is 20.3 Å². The van der Waals surface area contributed by atoms with Crippen LogP contribution in [0.5, 0.6) is 0 Å². The van der Waals surface area contributed by atoms with Gasteiger partial charge in [-0.25, -0.2) is 0 Å². The third-order valence-electron chi connectivity index (χ3n) is 2.75. The Labute approximate surface area is 120 Å². The molecule has 0 unspecified atom stereocenters. The molecule has 1 heterocycles. The van der Waals surface area contributed by atoms with Crippen molar-refractivity contribution in [3.05, 3.63) is 18.5 Å². The van der Waals surface area contributed by atoms with Gasteiger partial charge in [0.2, 0.25) is 5.91 Å². The Morgan fingerprint density at radius 2 is 2.20 bits per heavy atom. The van der Waals surface area contributed by atoms with Gasteiger partial charge in [0.25, 0.3) is 0 Å². The van der Waals surface area contributed by atoms with Gasteiger partial charge in [-0.15, -0.1) is 0 Å². The Hall–Kier alpha value is -1.82. The van der Waals surface area contributed by atoms with Crippen LogP contribution in [0.2, 0.25) is 0 Å². The second kappa shape index (κ2) is 9.14. The molecular weight excluding hydrogens is 256 g/mol. The molecule has 0 fully saturated rings. The van der Waals surface area contributed by atoms with E-state index in [9.17, 15) is 4.79 Å². The van der Waals surface area contributed by atoms with Crippen LogP contribution < -0.4 is 15.5 Å². The Morgan fingerprint density at radius 3 is 2.90 bits per heavy atom. The van der Waals surface area contributed by atoms with Crippen molar-refractivity contribution in [3.8, 4) is 0 Å². The van der Waals surface area contributed by atoms with E-state index in [-0.39, 0.29) is 5.91 Å². The third-order valence-corrected chi connectivity index (χ3v) is 2.75. The molecular formula is C14H24N4O2. The first-order valence-corrected chi connectivity index (χ1v) is 6.83. The van der Waals surface area contributed by atoms with E-state index in [1.54, 1.807) is 19.5 Å². The van der Waals surface area contributed by atoms with E-state index in [1.165, 1.54) is 0 Å². The highest BCUT2D eigenvalue weighted by Crippen LogP contribution is 2.16. The van der Waals surface area contributed by atoms with Gasteiger partial charge in [-0.3, -0.25) is 9.78 Å². The minimum atomic E-state index is -0.0310. The standard InChI is InChI=1S/C14H24N4O2/c1-4-5-16-12-8-13(10-15-9-12)18(2)11-14(19)17-6-7-20-3/h8-10,16H,4-7,11H2,1-3H3,(H,17,19). The largest absolute Gasteiger partial charge is 0.384 e. The first-order valence-electron chi connectivity index (χ1n) is 6.83. The van der Waals surface area contributed by atoms with E-state index in [1.807, 2.05) is 18.0 Å². The van der Waals surface area contributed by atoms with Crippen LogP contribution in [0.25, 0.3) is 0 Å². The number of carbonyl (C=O) groups is 1. The SMILES string of the molecule is CCCNc1cncc(N(C)CC(=O)NCCOC)c1. The van der Waals surface area contributed by atoms with E-state index in [0.717, 1.165) is 24.3 Å². The van der Waals surface area contributed by atoms with E-state index in [2.05, 4.69) is 22.5 Å². The molecule has 0 aliphatic heterocycles. The first kappa shape index (κ1) is 16.2. The molecule has 2 N–H and O–H groups in total. The molecule has 0 aromatic carbocycles. The zero-order chi connectivity index (χ0) is 14.8. The predicted molar refractivity (Wildman–Crippen MR) is 81.2 cm³/mol. The fourth-order valence-electron chi connectivity index (χ4n) is 1.66. The van der Waals surface area contributed by atoms with Crippen LogP contribution >= 0.6 is 0 Å². The number of carbonyl (C=O) groups excluding carboxylic acids is 1. The van der Waals surface area contributed by atoms with Gasteiger partial charge in [0.05, 0.1) is 36.9 Å². The number of likely N-dealkylation sites (N-methyl/N-ethyl adjacent to an activating group) is 1. The molecule has 0 atom stereocenters. The van der Waals surface area contributed by atoms with Gasteiger partial charge in [-0.2, -0.15) is 0 Å². The summed E-state index contributed by atoms with van der Waals surface area (Å²) in [5, 5.41) is 6.07. The molecule has 1 aromatic heterocycles. The van der Waals surface area contributed by atoms with Crippen LogP contribution in [-0.4, -0.2) is 51.3 Å². The molecule has 1 amide bonds. The minimum Gasteiger partial charge on any atom is -0.384 e. The maximum absolute atomic E-state index is 11.7. The van der Waals surface area contributed by atoms with Crippen molar-refractivity contribution in [1.82, 2.24) is 10.3 Å². The molecule has 6 heteroatoms. The zero-order valence-corrected chi connectivity index (χ0v) is 12.5. The molecule has 6 nitrogen and oxygen atoms in total. The van der Waals surface area contributed by atoms with E-state index >= 15 is 0 Å². The fraction of sp³-hybridized carbons (Fsp3) is 0.571. The Bertz CT molecular complexity index is 412. The lowest BCUT2D eigenvalue weighted by molar-refractivity contribution is -0.119. The molecule has 112 valence electrons. The molecule has 1 aromatic rings. The van der Waals surface area contributed by atoms with E-state index in [0.29, 0.717) is 19.7 Å². The summed E-state index contributed by atoms with van der Waals surface area (Å²) < 4.78 is 4.89. The monoisotopic (exact) mass is 280 g/mol. The molecule has 0 aliphatic rings. The zero-order valence-electron chi connectivity index (χ0n) is 12.5. The number of amides is 1. The first-order chi connectivity index (χ1) is 9.67. The molecule has 0 saturated heterocycles. The maximum Gasteiger partial charge on any atom is 0.239 e. The number of pyridine rings is 1. The maximum atomic E-state index is 11.7. The highest BCUT2D eigenvalue weighted by molar-refractivity contribution is 5.81. The molecule has 0 radical (unpaired) electrons. The second-order valence-electron chi connectivity index (χ2n) is 4.56. The minimum absolute atomic E-state index is 0.0310. The summed E-state index contributed by atoms with van der Waals surface area (Å²) in [6.45, 7) is 4.36. The number of nitrogens with zero attached hydrogens (tertiary/aromatic N) is 2. The van der Waals surface area contributed by atoms with E-state index < -0.39 is 0 Å². The van der Waals surface area contributed by atoms with Gasteiger partial charge in [0, 0.05) is 27.2 Å². The summed E-state index contributed by atoms with van der Waals surface area (Å²) in [7, 11) is 3.48. The summed E-state index contributed by atoms with van der Waals surface area (Å²) in [5.41, 5.74) is 1.88. The van der Waals surface area contributed by atoms with Crippen molar-refractivity contribution in [1.29, 1.82) is 0 Å². The van der Waals surface area contributed by atoms with Crippen molar-refractivity contribution < 1.29 is 9.53 Å². The smallest absolute Gasteiger partial charge is 0.239 e. The average molecular weight is 280 g/mol. The number of hydrogen-bond acceptors (Lipinski definition) is 5. The van der Waals surface area contributed by atoms with Crippen LogP contribution in [0.15, 0.2) is 18.5 Å². The normalized spacial score (nSPS) is 10.2. The van der Waals surface area contributed by atoms with Crippen molar-refractivity contribution in [2.45, 2.75) is 13.3 Å². The summed E-state index contributed by atoms with van der Waals surface area (Å²) in [6.07, 6.45) is 4.59. The number of aromatic nitrogens is 1. The van der Waals surface area contributed by atoms with E-state index in [4.69, 9.17) is 4.74 Å². The number of nitrogens with one attached hydrogen (secondary N) is 2. The fourth-order valence-corrected chi connectivity index (χ4v) is 1.66. The molecule has 0 aliphatic carbocycles. The lowest BCUT2D eigenvalue weighted by atomic mass is 10.3. The summed E-state index contributed by atoms with van der Waals surface area (Å²) in [4.78, 5) is 17.8. The van der Waals surface area contributed by atoms with Crippen molar-refractivity contribution in [3.63, 3.8) is 0 Å². The van der Waals surface area contributed by atoms with Gasteiger partial charge in [0.1, 0.15) is 0 Å². The highest BCUT2D eigenvalue weighted by Gasteiger charge is 2.08. The predicted octanol–water partition coefficient (Wildman–Crippen LogP) is 1.10. The number of hydrogen-bond donors (Lipinski definition) is 2. The third kappa shape index (κ3) is 5.88. The average Bonchev–Trinajstić information content (AvgIpc) is 2.45. The number of ether oxygens (including phenoxy) is 1. The van der Waals surface area contributed by atoms with Crippen LogP contribution in [0.4, 0.5) is 11.4 Å². The lowest BCUT2D eigenvalue weighted by Gasteiger charge is -2.19. The van der Waals surface area contributed by atoms with Crippen LogP contribution in [0.1, 0.15) is 13.3 Å². The molecule has 0 bridgehead atoms. The Balaban J connectivity index is 2.49. The van der Waals surface area contributed by atoms with Crippen LogP contribution in [-0.2, 0) is 9.53 Å². The van der Waals surface area contributed by atoms with Gasteiger partial charge in [-0.1, -0.05) is 6.92 Å². The molecule has 1 rings (SSSR count). The molecule has 0 saturated carbocycles. The molecule has 20 heavy (non-hydrogen) atoms. The number of anilines is 2. The number of rotatable bonds is 9. The summed E-state index contributed by atoms with van der Waals surface area (Å²) >= 11 is 0. The number of methoxy groups -OCH3 is 1. The highest BCUT2D eigenvalue weighted by atomic mass is 16.5. The topological polar surface area (TPSA) is 66.5 Å². The quantitative estimate of drug-likeness (QED) is 0.663. The van der Waals surface area contributed by atoms with Crippen LogP contribution in [0, 0.1) is 0 Å². The van der Waals surface area contributed by atoms with Crippen molar-refractivity contribution >= 4 is 17.3 Å². The van der Waals surface area contributed by atoms with Crippen molar-refractivity contribution in [2.24, 2.45) is 0 Å². The molecule has 0 spiro atoms. The van der Waals surface area contributed by atoms with Gasteiger partial charge in [0.15, 0.2) is 0 Å². The second-order valence-corrected chi connectivity index (χ2v) is 4.56. The van der Waals surface area contributed by atoms with Gasteiger partial charge in [-0.05, 0) is 12.5 Å². The van der Waals surface area contributed by atoms with Crippen molar-refractivity contribution in [2.75, 3.05) is 50.6 Å². The van der Waals surface area contributed by atoms with Crippen LogP contribution in [0.3, 0.4) is 0 Å². The summed E-state index contributed by atoms with van der Waals surface area (Å²) in [5.74, 6) is -0.0310. The lowest BCUT2D eigenvalue weighted by Crippen LogP contribution is -2.36. The Kier molecular flexibility index (Phi) is 7.42. The van der Waals surface area contributed by atoms with Gasteiger partial charge >= 0.3 is 0 Å². The Morgan fingerprint density at radius 1 is 1.40 bits per heavy atom.